The molecule has 0 aliphatic rings. The van der Waals surface area contributed by atoms with Crippen LogP contribution in [0.5, 0.6) is 5.75 Å². The van der Waals surface area contributed by atoms with Crippen LogP contribution in [0.3, 0.4) is 0 Å². The van der Waals surface area contributed by atoms with Gasteiger partial charge >= 0.3 is 0 Å². The number of rotatable bonds is 3. The first kappa shape index (κ1) is 10.3. The van der Waals surface area contributed by atoms with Crippen molar-refractivity contribution in [1.82, 2.24) is 0 Å². The highest BCUT2D eigenvalue weighted by molar-refractivity contribution is 5.31. The highest BCUT2D eigenvalue weighted by atomic mass is 16.5. The van der Waals surface area contributed by atoms with Crippen molar-refractivity contribution >= 4 is 0 Å². The molecule has 0 amide bonds. The second-order valence-electron chi connectivity index (χ2n) is 3.34. The molecule has 0 aliphatic heterocycles. The van der Waals surface area contributed by atoms with E-state index >= 15 is 0 Å². The van der Waals surface area contributed by atoms with Gasteiger partial charge in [0.15, 0.2) is 0 Å². The van der Waals surface area contributed by atoms with Crippen molar-refractivity contribution in [3.63, 3.8) is 0 Å². The topological polar surface area (TPSA) is 33.0 Å². The van der Waals surface area contributed by atoms with Gasteiger partial charge in [-0.2, -0.15) is 5.26 Å². The molecule has 2 nitrogen and oxygen atoms in total. The van der Waals surface area contributed by atoms with Crippen LogP contribution in [0.2, 0.25) is 0 Å². The van der Waals surface area contributed by atoms with E-state index in [2.05, 4.69) is 12.1 Å². The average Bonchev–Trinajstić information content (AvgIpc) is 2.38. The molecule has 1 radical (unpaired) electrons. The first-order chi connectivity index (χ1) is 7.88. The molecule has 0 aliphatic carbocycles. The second-order valence-corrected chi connectivity index (χ2v) is 3.34. The molecule has 0 atom stereocenters. The maximum Gasteiger partial charge on any atom is 0.120 e. The van der Waals surface area contributed by atoms with E-state index in [4.69, 9.17) is 10.00 Å². The predicted octanol–water partition coefficient (Wildman–Crippen LogP) is 2.94. The van der Waals surface area contributed by atoms with Gasteiger partial charge in [0.2, 0.25) is 0 Å². The SMILES string of the molecule is N#Cc1ccc(COc2c[c]ccc2)cc1. The lowest BCUT2D eigenvalue weighted by molar-refractivity contribution is 0.306. The zero-order chi connectivity index (χ0) is 11.2. The first-order valence-corrected chi connectivity index (χ1v) is 4.96. The molecule has 0 unspecified atom stereocenters. The maximum atomic E-state index is 8.65. The fourth-order valence-corrected chi connectivity index (χ4v) is 1.31. The number of hydrogen-bond donors (Lipinski definition) is 0. The third-order valence-corrected chi connectivity index (χ3v) is 2.17. The van der Waals surface area contributed by atoms with E-state index in [0.717, 1.165) is 11.3 Å². The van der Waals surface area contributed by atoms with Crippen molar-refractivity contribution in [2.75, 3.05) is 0 Å². The van der Waals surface area contributed by atoms with Gasteiger partial charge in [-0.3, -0.25) is 0 Å². The third kappa shape index (κ3) is 2.61. The van der Waals surface area contributed by atoms with Gasteiger partial charge in [0.25, 0.3) is 0 Å². The Bertz CT molecular complexity index is 482. The molecule has 2 aromatic rings. The largest absolute Gasteiger partial charge is 0.489 e. The quantitative estimate of drug-likeness (QED) is 0.776. The Hall–Kier alpha value is -2.27. The highest BCUT2D eigenvalue weighted by Gasteiger charge is 1.95. The Morgan fingerprint density at radius 1 is 1.19 bits per heavy atom. The van der Waals surface area contributed by atoms with E-state index in [1.54, 1.807) is 18.2 Å². The van der Waals surface area contributed by atoms with Crippen LogP contribution in [-0.2, 0) is 6.61 Å². The van der Waals surface area contributed by atoms with Gasteiger partial charge < -0.3 is 4.74 Å². The van der Waals surface area contributed by atoms with Crippen LogP contribution in [0.4, 0.5) is 0 Å². The van der Waals surface area contributed by atoms with E-state index in [0.29, 0.717) is 12.2 Å². The Balaban J connectivity index is 1.98. The first-order valence-electron chi connectivity index (χ1n) is 4.96. The number of benzene rings is 2. The highest BCUT2D eigenvalue weighted by Crippen LogP contribution is 2.11. The third-order valence-electron chi connectivity index (χ3n) is 2.17. The van der Waals surface area contributed by atoms with Gasteiger partial charge in [0.05, 0.1) is 11.6 Å². The predicted molar refractivity (Wildman–Crippen MR) is 60.8 cm³/mol. The standard InChI is InChI=1S/C14H10NO/c15-10-12-6-8-13(9-7-12)11-16-14-4-2-1-3-5-14/h1-2,4-9H,11H2. The van der Waals surface area contributed by atoms with Crippen molar-refractivity contribution in [3.8, 4) is 11.8 Å². The van der Waals surface area contributed by atoms with Crippen LogP contribution in [0.1, 0.15) is 11.1 Å². The Kier molecular flexibility index (Phi) is 3.20. The van der Waals surface area contributed by atoms with Crippen LogP contribution in [0.15, 0.2) is 48.5 Å². The molecule has 0 aromatic heterocycles. The summed E-state index contributed by atoms with van der Waals surface area (Å²) in [6, 6.07) is 19.8. The number of hydrogen-bond acceptors (Lipinski definition) is 2. The van der Waals surface area contributed by atoms with E-state index in [-0.39, 0.29) is 0 Å². The fraction of sp³-hybridized carbons (Fsp3) is 0.0714. The molecule has 0 saturated heterocycles. The molecule has 2 rings (SSSR count). The summed E-state index contributed by atoms with van der Waals surface area (Å²) in [6.45, 7) is 0.504. The summed E-state index contributed by atoms with van der Waals surface area (Å²) in [7, 11) is 0. The summed E-state index contributed by atoms with van der Waals surface area (Å²) >= 11 is 0. The second kappa shape index (κ2) is 4.99. The number of ether oxygens (including phenoxy) is 1. The van der Waals surface area contributed by atoms with Crippen molar-refractivity contribution in [2.24, 2.45) is 0 Å². The lowest BCUT2D eigenvalue weighted by atomic mass is 10.2. The molecular weight excluding hydrogens is 198 g/mol. The lowest BCUT2D eigenvalue weighted by Crippen LogP contribution is -1.94. The van der Waals surface area contributed by atoms with Crippen LogP contribution >= 0.6 is 0 Å². The summed E-state index contributed by atoms with van der Waals surface area (Å²) in [5, 5.41) is 8.65. The monoisotopic (exact) mass is 208 g/mol. The molecule has 0 spiro atoms. The maximum absolute atomic E-state index is 8.65. The van der Waals surface area contributed by atoms with Crippen LogP contribution in [0.25, 0.3) is 0 Å². The molecule has 16 heavy (non-hydrogen) atoms. The summed E-state index contributed by atoms with van der Waals surface area (Å²) in [5.74, 6) is 0.798. The summed E-state index contributed by atoms with van der Waals surface area (Å²) in [6.07, 6.45) is 0. The molecule has 0 saturated carbocycles. The normalized spacial score (nSPS) is 9.44. The van der Waals surface area contributed by atoms with Crippen LogP contribution < -0.4 is 4.74 Å². The molecule has 0 heterocycles. The van der Waals surface area contributed by atoms with Crippen molar-refractivity contribution in [1.29, 1.82) is 5.26 Å². The van der Waals surface area contributed by atoms with Crippen LogP contribution in [0, 0.1) is 17.4 Å². The minimum absolute atomic E-state index is 0.504. The molecule has 77 valence electrons. The summed E-state index contributed by atoms with van der Waals surface area (Å²) < 4.78 is 5.55. The number of nitriles is 1. The van der Waals surface area contributed by atoms with E-state index in [1.165, 1.54) is 0 Å². The van der Waals surface area contributed by atoms with Crippen molar-refractivity contribution in [2.45, 2.75) is 6.61 Å². The number of nitrogens with zero attached hydrogens (tertiary/aromatic N) is 1. The lowest BCUT2D eigenvalue weighted by Gasteiger charge is -2.05. The summed E-state index contributed by atoms with van der Waals surface area (Å²) in [4.78, 5) is 0. The molecule has 2 aromatic carbocycles. The van der Waals surface area contributed by atoms with Gasteiger partial charge in [-0.25, -0.2) is 0 Å². The van der Waals surface area contributed by atoms with Gasteiger partial charge in [0.1, 0.15) is 12.4 Å². The zero-order valence-electron chi connectivity index (χ0n) is 8.68. The van der Waals surface area contributed by atoms with E-state index in [9.17, 15) is 0 Å². The Morgan fingerprint density at radius 3 is 2.62 bits per heavy atom. The molecule has 0 bridgehead atoms. The Morgan fingerprint density at radius 2 is 2.00 bits per heavy atom. The van der Waals surface area contributed by atoms with Crippen molar-refractivity contribution in [3.05, 3.63) is 65.7 Å². The average molecular weight is 208 g/mol. The molecule has 2 heteroatoms. The molecular formula is C14H10NO. The van der Waals surface area contributed by atoms with E-state index in [1.807, 2.05) is 30.3 Å². The smallest absolute Gasteiger partial charge is 0.120 e. The minimum Gasteiger partial charge on any atom is -0.489 e. The van der Waals surface area contributed by atoms with Crippen molar-refractivity contribution < 1.29 is 4.74 Å². The van der Waals surface area contributed by atoms with Crippen LogP contribution in [-0.4, -0.2) is 0 Å². The van der Waals surface area contributed by atoms with E-state index < -0.39 is 0 Å². The minimum atomic E-state index is 0.504. The Labute approximate surface area is 94.7 Å². The fourth-order valence-electron chi connectivity index (χ4n) is 1.31. The zero-order valence-corrected chi connectivity index (χ0v) is 8.68. The van der Waals surface area contributed by atoms with Gasteiger partial charge in [0, 0.05) is 0 Å². The van der Waals surface area contributed by atoms with Gasteiger partial charge in [-0.05, 0) is 35.9 Å². The summed E-state index contributed by atoms with van der Waals surface area (Å²) in [5.41, 5.74) is 1.71. The van der Waals surface area contributed by atoms with Gasteiger partial charge in [-0.1, -0.05) is 24.3 Å². The molecule has 0 N–H and O–H groups in total. The molecule has 0 fully saturated rings. The van der Waals surface area contributed by atoms with Gasteiger partial charge in [-0.15, -0.1) is 0 Å².